The number of hydrogen-bond acceptors (Lipinski definition) is 6. The van der Waals surface area contributed by atoms with E-state index in [1.807, 2.05) is 0 Å². The number of carbonyl (C=O) groups is 3. The molecule has 0 spiro atoms. The maximum Gasteiger partial charge on any atom is 0.300 e. The molecule has 0 saturated carbocycles. The summed E-state index contributed by atoms with van der Waals surface area (Å²) in [6.07, 6.45) is 0. The van der Waals surface area contributed by atoms with E-state index in [1.54, 1.807) is 62.8 Å². The lowest BCUT2D eigenvalue weighted by atomic mass is 9.79. The van der Waals surface area contributed by atoms with Gasteiger partial charge in [0.15, 0.2) is 11.3 Å². The van der Waals surface area contributed by atoms with Gasteiger partial charge in [0.2, 0.25) is 5.91 Å². The van der Waals surface area contributed by atoms with E-state index in [-0.39, 0.29) is 0 Å². The largest absolute Gasteiger partial charge is 0.497 e. The van der Waals surface area contributed by atoms with E-state index in [1.165, 1.54) is 6.92 Å². The molecule has 29 heavy (non-hydrogen) atoms. The van der Waals surface area contributed by atoms with Gasteiger partial charge in [0.05, 0.1) is 20.1 Å². The number of carboxylic acids is 1. The van der Waals surface area contributed by atoms with Gasteiger partial charge in [0.25, 0.3) is 5.97 Å². The Kier molecular flexibility index (Phi) is 8.35. The number of benzene rings is 2. The predicted molar refractivity (Wildman–Crippen MR) is 108 cm³/mol. The topological polar surface area (TPSA) is 142 Å². The Balaban J connectivity index is 0.000000960. The molecular weight excluding hydrogens is 376 g/mol. The summed E-state index contributed by atoms with van der Waals surface area (Å²) in [6.45, 7) is 2.41. The first kappa shape index (κ1) is 23.6. The average Bonchev–Trinajstić information content (AvgIpc) is 2.68. The van der Waals surface area contributed by atoms with Crippen LogP contribution in [0, 0.1) is 0 Å². The minimum atomic E-state index is -1.79. The van der Waals surface area contributed by atoms with Crippen molar-refractivity contribution in [2.45, 2.75) is 25.3 Å². The van der Waals surface area contributed by atoms with Gasteiger partial charge in [-0.3, -0.25) is 14.4 Å². The molecule has 0 saturated heterocycles. The maximum atomic E-state index is 13.0. The zero-order chi connectivity index (χ0) is 22.2. The van der Waals surface area contributed by atoms with Crippen molar-refractivity contribution < 1.29 is 29.0 Å². The molecule has 0 aliphatic carbocycles. The third kappa shape index (κ3) is 6.32. The molecule has 0 unspecified atom stereocenters. The van der Waals surface area contributed by atoms with Gasteiger partial charge >= 0.3 is 0 Å². The number of aliphatic carboxylic acids is 1. The van der Waals surface area contributed by atoms with Crippen molar-refractivity contribution in [3.63, 3.8) is 0 Å². The highest BCUT2D eigenvalue weighted by molar-refractivity contribution is 6.12. The molecule has 8 nitrogen and oxygen atoms in total. The Bertz CT molecular complexity index is 793. The van der Waals surface area contributed by atoms with Crippen LogP contribution in [0.25, 0.3) is 0 Å². The fourth-order valence-electron chi connectivity index (χ4n) is 2.51. The van der Waals surface area contributed by atoms with Crippen LogP contribution in [-0.4, -0.2) is 42.5 Å². The van der Waals surface area contributed by atoms with E-state index in [4.69, 9.17) is 30.8 Å². The van der Waals surface area contributed by atoms with Crippen LogP contribution in [0.15, 0.2) is 48.5 Å². The highest BCUT2D eigenvalue weighted by Crippen LogP contribution is 2.31. The van der Waals surface area contributed by atoms with Crippen molar-refractivity contribution in [1.82, 2.24) is 0 Å². The Morgan fingerprint density at radius 3 is 1.45 bits per heavy atom. The average molecular weight is 402 g/mol. The number of ether oxygens (including phenoxy) is 2. The van der Waals surface area contributed by atoms with Crippen molar-refractivity contribution in [3.8, 4) is 11.5 Å². The number of primary amides is 1. The van der Waals surface area contributed by atoms with Crippen LogP contribution in [0.1, 0.15) is 30.9 Å². The third-order valence-electron chi connectivity index (χ3n) is 4.18. The molecule has 1 amide bonds. The first-order valence-electron chi connectivity index (χ1n) is 8.65. The van der Waals surface area contributed by atoms with Gasteiger partial charge in [-0.15, -0.1) is 0 Å². The summed E-state index contributed by atoms with van der Waals surface area (Å²) < 4.78 is 10.3. The van der Waals surface area contributed by atoms with Gasteiger partial charge in [0.1, 0.15) is 11.5 Å². The number of carbonyl (C=O) groups excluding carboxylic acids is 2. The van der Waals surface area contributed by atoms with Gasteiger partial charge < -0.3 is 26.0 Å². The molecule has 0 bridgehead atoms. The molecule has 156 valence electrons. The van der Waals surface area contributed by atoms with Gasteiger partial charge in [-0.1, -0.05) is 24.3 Å². The minimum Gasteiger partial charge on any atom is -0.497 e. The lowest BCUT2D eigenvalue weighted by Crippen LogP contribution is -2.57. The van der Waals surface area contributed by atoms with Gasteiger partial charge in [0, 0.05) is 6.92 Å². The Labute approximate surface area is 169 Å². The summed E-state index contributed by atoms with van der Waals surface area (Å²) in [5.74, 6) is -1.59. The molecule has 8 heteroatoms. The molecule has 0 aliphatic heterocycles. The Hall–Kier alpha value is -3.39. The molecular formula is C21H26N2O6. The van der Waals surface area contributed by atoms with Gasteiger partial charge in [-0.25, -0.2) is 0 Å². The summed E-state index contributed by atoms with van der Waals surface area (Å²) in [4.78, 5) is 33.7. The van der Waals surface area contributed by atoms with E-state index in [0.29, 0.717) is 22.6 Å². The number of Topliss-reactive ketones (excluding diaryl/α,β-unsaturated/α-hetero) is 1. The van der Waals surface area contributed by atoms with Crippen LogP contribution < -0.4 is 20.9 Å². The molecule has 0 radical (unpaired) electrons. The molecule has 2 aromatic rings. The number of rotatable bonds is 7. The second kappa shape index (κ2) is 10.2. The summed E-state index contributed by atoms with van der Waals surface area (Å²) in [6, 6.07) is 14.1. The van der Waals surface area contributed by atoms with E-state index >= 15 is 0 Å². The monoisotopic (exact) mass is 402 g/mol. The first-order valence-corrected chi connectivity index (χ1v) is 8.65. The van der Waals surface area contributed by atoms with Crippen molar-refractivity contribution in [2.75, 3.05) is 14.2 Å². The SMILES string of the molecule is CC(=O)O.COc1ccc(C(C(=O)[C@@](C)(N)C(N)=O)c2ccc(OC)cc2)cc1. The van der Waals surface area contributed by atoms with Crippen LogP contribution >= 0.6 is 0 Å². The van der Waals surface area contributed by atoms with Gasteiger partial charge in [-0.05, 0) is 42.3 Å². The molecule has 1 atom stereocenters. The van der Waals surface area contributed by atoms with Crippen molar-refractivity contribution in [3.05, 3.63) is 59.7 Å². The summed E-state index contributed by atoms with van der Waals surface area (Å²) in [5.41, 5.74) is 10.8. The summed E-state index contributed by atoms with van der Waals surface area (Å²) in [7, 11) is 3.12. The van der Waals surface area contributed by atoms with Crippen LogP contribution in [0.5, 0.6) is 11.5 Å². The molecule has 5 N–H and O–H groups in total. The number of ketones is 1. The summed E-state index contributed by atoms with van der Waals surface area (Å²) in [5, 5.41) is 7.42. The van der Waals surface area contributed by atoms with Crippen molar-refractivity contribution in [1.29, 1.82) is 0 Å². The fourth-order valence-corrected chi connectivity index (χ4v) is 2.51. The summed E-state index contributed by atoms with van der Waals surface area (Å²) >= 11 is 0. The van der Waals surface area contributed by atoms with E-state index in [9.17, 15) is 9.59 Å². The highest BCUT2D eigenvalue weighted by atomic mass is 16.5. The standard InChI is InChI=1S/C19H22N2O4.C2H4O2/c1-19(21,18(20)23)17(22)16(12-4-8-14(24-2)9-5-12)13-6-10-15(25-3)11-7-13;1-2(3)4/h4-11,16H,21H2,1-3H3,(H2,20,23);1H3,(H,3,4)/t19-;/m1./s1. The van der Waals surface area contributed by atoms with Gasteiger partial charge in [-0.2, -0.15) is 0 Å². The van der Waals surface area contributed by atoms with Crippen LogP contribution in [-0.2, 0) is 14.4 Å². The smallest absolute Gasteiger partial charge is 0.300 e. The quantitative estimate of drug-likeness (QED) is 0.598. The van der Waals surface area contributed by atoms with Crippen molar-refractivity contribution in [2.24, 2.45) is 11.5 Å². The predicted octanol–water partition coefficient (Wildman–Crippen LogP) is 1.70. The maximum absolute atomic E-state index is 13.0. The molecule has 2 aromatic carbocycles. The lowest BCUT2D eigenvalue weighted by Gasteiger charge is -2.26. The zero-order valence-electron chi connectivity index (χ0n) is 16.8. The second-order valence-electron chi connectivity index (χ2n) is 6.43. The van der Waals surface area contributed by atoms with E-state index in [0.717, 1.165) is 6.92 Å². The van der Waals surface area contributed by atoms with Crippen molar-refractivity contribution >= 4 is 17.7 Å². The number of carboxylic acid groups (broad SMARTS) is 1. The zero-order valence-corrected chi connectivity index (χ0v) is 16.8. The molecule has 0 heterocycles. The normalized spacial score (nSPS) is 12.2. The molecule has 0 aliphatic rings. The highest BCUT2D eigenvalue weighted by Gasteiger charge is 2.40. The van der Waals surface area contributed by atoms with Crippen LogP contribution in [0.3, 0.4) is 0 Å². The van der Waals surface area contributed by atoms with E-state index < -0.39 is 29.1 Å². The number of methoxy groups -OCH3 is 2. The molecule has 0 aromatic heterocycles. The lowest BCUT2D eigenvalue weighted by molar-refractivity contribution is -0.135. The minimum absolute atomic E-state index is 0.477. The molecule has 0 fully saturated rings. The first-order chi connectivity index (χ1) is 13.5. The van der Waals surface area contributed by atoms with E-state index in [2.05, 4.69) is 0 Å². The van der Waals surface area contributed by atoms with Crippen LogP contribution in [0.2, 0.25) is 0 Å². The number of amides is 1. The second-order valence-corrected chi connectivity index (χ2v) is 6.43. The number of nitrogens with two attached hydrogens (primary N) is 2. The Morgan fingerprint density at radius 2 is 1.21 bits per heavy atom. The van der Waals surface area contributed by atoms with Crippen LogP contribution in [0.4, 0.5) is 0 Å². The fraction of sp³-hybridized carbons (Fsp3) is 0.286. The number of hydrogen-bond donors (Lipinski definition) is 3. The Morgan fingerprint density at radius 1 is 0.897 bits per heavy atom. The molecule has 2 rings (SSSR count). The third-order valence-corrected chi connectivity index (χ3v) is 4.18.